The van der Waals surface area contributed by atoms with Crippen LogP contribution in [0.4, 0.5) is 22.3 Å². The number of carbonyl (C=O) groups is 1. The number of halogens is 2. The van der Waals surface area contributed by atoms with Crippen molar-refractivity contribution in [1.82, 2.24) is 9.55 Å². The number of hydrogen-bond donors (Lipinski definition) is 1. The van der Waals surface area contributed by atoms with Crippen LogP contribution in [-0.2, 0) is 0 Å². The first kappa shape index (κ1) is 19.6. The summed E-state index contributed by atoms with van der Waals surface area (Å²) in [5, 5.41) is 14.1. The Hall–Kier alpha value is -3.69. The molecule has 150 valence electrons. The van der Waals surface area contributed by atoms with E-state index in [1.165, 1.54) is 29.0 Å². The van der Waals surface area contributed by atoms with Crippen molar-refractivity contribution in [2.24, 2.45) is 4.99 Å². The fraction of sp³-hybridized carbons (Fsp3) is 0. The number of aliphatic imine (C=N–C) groups is 1. The van der Waals surface area contributed by atoms with Crippen molar-refractivity contribution in [2.45, 2.75) is 0 Å². The molecule has 0 radical (unpaired) electrons. The van der Waals surface area contributed by atoms with Crippen LogP contribution >= 0.6 is 23.2 Å². The van der Waals surface area contributed by atoms with Crippen molar-refractivity contribution in [3.05, 3.63) is 80.5 Å². The number of benzene rings is 2. The zero-order valence-electron chi connectivity index (χ0n) is 15.0. The van der Waals surface area contributed by atoms with Crippen LogP contribution in [0.25, 0.3) is 11.0 Å². The van der Waals surface area contributed by atoms with Gasteiger partial charge in [0.15, 0.2) is 5.76 Å². The van der Waals surface area contributed by atoms with Crippen molar-refractivity contribution in [3.8, 4) is 0 Å². The number of para-hydroxylation sites is 2. The molecule has 0 saturated heterocycles. The Bertz CT molecular complexity index is 1310. The highest BCUT2D eigenvalue weighted by Gasteiger charge is 2.17. The summed E-state index contributed by atoms with van der Waals surface area (Å²) >= 11 is 11.9. The van der Waals surface area contributed by atoms with Gasteiger partial charge in [-0.1, -0.05) is 35.3 Å². The number of anilines is 1. The van der Waals surface area contributed by atoms with Crippen molar-refractivity contribution >= 4 is 64.0 Å². The molecule has 0 fully saturated rings. The Balaban J connectivity index is 1.70. The van der Waals surface area contributed by atoms with Crippen LogP contribution in [-0.4, -0.2) is 26.7 Å². The fourth-order valence-electron chi connectivity index (χ4n) is 2.68. The summed E-state index contributed by atoms with van der Waals surface area (Å²) in [4.78, 5) is 31.6. The van der Waals surface area contributed by atoms with E-state index in [1.54, 1.807) is 36.4 Å². The second-order valence-electron chi connectivity index (χ2n) is 5.99. The molecule has 4 aromatic rings. The number of imidazole rings is 1. The van der Waals surface area contributed by atoms with Gasteiger partial charge in [-0.2, -0.15) is 0 Å². The lowest BCUT2D eigenvalue weighted by molar-refractivity contribution is -0.402. The summed E-state index contributed by atoms with van der Waals surface area (Å²) in [6, 6.07) is 13.8. The largest absolute Gasteiger partial charge is 0.433 e. The molecule has 9 nitrogen and oxygen atoms in total. The number of carbonyl (C=O) groups excluding carboxylic acids is 1. The molecule has 4 rings (SSSR count). The number of fused-ring (bicyclic) bond motifs is 1. The summed E-state index contributed by atoms with van der Waals surface area (Å²) < 4.78 is 6.32. The molecule has 30 heavy (non-hydrogen) atoms. The van der Waals surface area contributed by atoms with Gasteiger partial charge in [-0.25, -0.2) is 19.3 Å². The average Bonchev–Trinajstić information content (AvgIpc) is 3.33. The Morgan fingerprint density at radius 2 is 1.97 bits per heavy atom. The molecular weight excluding hydrogens is 433 g/mol. The third-order valence-electron chi connectivity index (χ3n) is 4.02. The summed E-state index contributed by atoms with van der Waals surface area (Å²) in [7, 11) is 0. The van der Waals surface area contributed by atoms with E-state index < -0.39 is 16.8 Å². The lowest BCUT2D eigenvalue weighted by Crippen LogP contribution is -2.19. The van der Waals surface area contributed by atoms with E-state index in [-0.39, 0.29) is 11.7 Å². The van der Waals surface area contributed by atoms with Gasteiger partial charge in [0.05, 0.1) is 33.4 Å². The van der Waals surface area contributed by atoms with E-state index in [2.05, 4.69) is 15.3 Å². The molecule has 0 atom stereocenters. The number of nitrogens with zero attached hydrogens (tertiary/aromatic N) is 4. The van der Waals surface area contributed by atoms with Gasteiger partial charge in [-0.3, -0.25) is 10.1 Å². The van der Waals surface area contributed by atoms with Crippen LogP contribution in [0.3, 0.4) is 0 Å². The highest BCUT2D eigenvalue weighted by atomic mass is 35.5. The third-order valence-corrected chi connectivity index (χ3v) is 4.76. The molecule has 0 aliphatic carbocycles. The zero-order chi connectivity index (χ0) is 21.3. The monoisotopic (exact) mass is 443 g/mol. The van der Waals surface area contributed by atoms with E-state index in [0.717, 1.165) is 0 Å². The molecule has 2 heterocycles. The van der Waals surface area contributed by atoms with E-state index in [4.69, 9.17) is 27.6 Å². The predicted octanol–water partition coefficient (Wildman–Crippen LogP) is 5.68. The van der Waals surface area contributed by atoms with Crippen LogP contribution in [0.15, 0.2) is 64.0 Å². The maximum atomic E-state index is 13.0. The van der Waals surface area contributed by atoms with Crippen molar-refractivity contribution in [1.29, 1.82) is 0 Å². The molecule has 0 saturated carbocycles. The van der Waals surface area contributed by atoms with E-state index in [1.807, 2.05) is 0 Å². The molecule has 11 heteroatoms. The Kier molecular flexibility index (Phi) is 5.21. The minimum Gasteiger partial charge on any atom is -0.400 e. The number of nitro groups is 1. The summed E-state index contributed by atoms with van der Waals surface area (Å²) in [5.74, 6) is -0.208. The normalized spacial score (nSPS) is 11.3. The Labute approximate surface area is 178 Å². The van der Waals surface area contributed by atoms with E-state index >= 15 is 0 Å². The fourth-order valence-corrected chi connectivity index (χ4v) is 2.98. The molecule has 0 aliphatic rings. The van der Waals surface area contributed by atoms with Gasteiger partial charge in [0.2, 0.25) is 5.95 Å². The van der Waals surface area contributed by atoms with Gasteiger partial charge in [-0.05, 0) is 36.4 Å². The summed E-state index contributed by atoms with van der Waals surface area (Å²) in [5.41, 5.74) is 1.50. The molecule has 2 aromatic carbocycles. The molecule has 0 bridgehead atoms. The first-order chi connectivity index (χ1) is 14.4. The van der Waals surface area contributed by atoms with Gasteiger partial charge < -0.3 is 9.73 Å². The number of amides is 1. The van der Waals surface area contributed by atoms with Crippen LogP contribution in [0.2, 0.25) is 10.0 Å². The highest BCUT2D eigenvalue weighted by Crippen LogP contribution is 2.27. The molecular formula is C19H11Cl2N5O4. The van der Waals surface area contributed by atoms with Gasteiger partial charge in [0.1, 0.15) is 4.92 Å². The lowest BCUT2D eigenvalue weighted by atomic mass is 10.3. The number of aromatic nitrogens is 2. The molecule has 0 spiro atoms. The average molecular weight is 444 g/mol. The zero-order valence-corrected chi connectivity index (χ0v) is 16.5. The Morgan fingerprint density at radius 3 is 2.70 bits per heavy atom. The predicted molar refractivity (Wildman–Crippen MR) is 113 cm³/mol. The molecule has 0 unspecified atom stereocenters. The Morgan fingerprint density at radius 1 is 1.17 bits per heavy atom. The maximum absolute atomic E-state index is 13.0. The van der Waals surface area contributed by atoms with Gasteiger partial charge in [0, 0.05) is 5.69 Å². The second kappa shape index (κ2) is 7.97. The van der Waals surface area contributed by atoms with Crippen molar-refractivity contribution < 1.29 is 14.1 Å². The molecule has 1 amide bonds. The quantitative estimate of drug-likeness (QED) is 0.247. The molecule has 0 aliphatic heterocycles. The standard InChI is InChI=1S/C19H11Cl2N5O4/c20-13-7-5-11(9-14(13)21)23-19(27)25-16-4-2-1-3-15(16)24-18(25)22-10-12-6-8-17(30-12)26(28)29/h1-10H,(H,23,27). The van der Waals surface area contributed by atoms with E-state index in [9.17, 15) is 14.9 Å². The van der Waals surface area contributed by atoms with Crippen LogP contribution in [0, 0.1) is 10.1 Å². The molecule has 2 aromatic heterocycles. The topological polar surface area (TPSA) is 116 Å². The second-order valence-corrected chi connectivity index (χ2v) is 6.80. The minimum absolute atomic E-state index is 0.0628. The maximum Gasteiger partial charge on any atom is 0.433 e. The van der Waals surface area contributed by atoms with E-state index in [0.29, 0.717) is 26.8 Å². The number of rotatable bonds is 4. The first-order valence-corrected chi connectivity index (χ1v) is 9.20. The summed E-state index contributed by atoms with van der Waals surface area (Å²) in [6.07, 6.45) is 1.25. The van der Waals surface area contributed by atoms with Crippen molar-refractivity contribution in [3.63, 3.8) is 0 Å². The van der Waals surface area contributed by atoms with Crippen LogP contribution in [0.1, 0.15) is 5.76 Å². The lowest BCUT2D eigenvalue weighted by Gasteiger charge is -2.08. The summed E-state index contributed by atoms with van der Waals surface area (Å²) in [6.45, 7) is 0. The van der Waals surface area contributed by atoms with Crippen LogP contribution < -0.4 is 5.32 Å². The van der Waals surface area contributed by atoms with Gasteiger partial charge in [0.25, 0.3) is 0 Å². The minimum atomic E-state index is -0.655. The number of furan rings is 1. The van der Waals surface area contributed by atoms with Crippen molar-refractivity contribution in [2.75, 3.05) is 5.32 Å². The highest BCUT2D eigenvalue weighted by molar-refractivity contribution is 6.42. The SMILES string of the molecule is O=C(Nc1ccc(Cl)c(Cl)c1)n1c(N=Cc2ccc([N+](=O)[O-])o2)nc2ccccc21. The van der Waals surface area contributed by atoms with Crippen LogP contribution in [0.5, 0.6) is 0 Å². The third kappa shape index (κ3) is 3.88. The van der Waals surface area contributed by atoms with Gasteiger partial charge >= 0.3 is 11.9 Å². The van der Waals surface area contributed by atoms with Gasteiger partial charge in [-0.15, -0.1) is 0 Å². The number of nitrogens with one attached hydrogen (secondary N) is 1. The molecule has 1 N–H and O–H groups in total. The smallest absolute Gasteiger partial charge is 0.400 e. The first-order valence-electron chi connectivity index (χ1n) is 8.44. The number of hydrogen-bond acceptors (Lipinski definition) is 6.